The van der Waals surface area contributed by atoms with Crippen molar-refractivity contribution in [3.63, 3.8) is 0 Å². The molecule has 14 heavy (non-hydrogen) atoms. The molecule has 1 amide bonds. The van der Waals surface area contributed by atoms with E-state index in [9.17, 15) is 4.79 Å². The van der Waals surface area contributed by atoms with E-state index in [0.717, 1.165) is 26.1 Å². The number of amides is 1. The Bertz CT molecular complexity index is 189. The molecule has 1 unspecified atom stereocenters. The Balaban J connectivity index is 2.19. The molecular weight excluding hydrogens is 180 g/mol. The van der Waals surface area contributed by atoms with E-state index in [2.05, 4.69) is 10.6 Å². The Morgan fingerprint density at radius 1 is 1.57 bits per heavy atom. The van der Waals surface area contributed by atoms with E-state index in [1.165, 1.54) is 0 Å². The highest BCUT2D eigenvalue weighted by Gasteiger charge is 2.30. The zero-order chi connectivity index (χ0) is 10.4. The molecule has 0 aliphatic carbocycles. The van der Waals surface area contributed by atoms with Crippen LogP contribution < -0.4 is 10.6 Å². The van der Waals surface area contributed by atoms with Gasteiger partial charge in [-0.15, -0.1) is 0 Å². The van der Waals surface area contributed by atoms with Gasteiger partial charge in [0.15, 0.2) is 0 Å². The summed E-state index contributed by atoms with van der Waals surface area (Å²) in [5.41, 5.74) is -0.136. The molecule has 0 radical (unpaired) electrons. The van der Waals surface area contributed by atoms with Gasteiger partial charge in [-0.1, -0.05) is 6.92 Å². The van der Waals surface area contributed by atoms with Crippen LogP contribution in [-0.2, 0) is 9.53 Å². The van der Waals surface area contributed by atoms with E-state index in [-0.39, 0.29) is 11.4 Å². The maximum absolute atomic E-state index is 11.5. The fourth-order valence-electron chi connectivity index (χ4n) is 1.54. The number of hydrogen-bond donors (Lipinski definition) is 2. The summed E-state index contributed by atoms with van der Waals surface area (Å²) in [5, 5.41) is 6.13. The van der Waals surface area contributed by atoms with Crippen LogP contribution in [-0.4, -0.2) is 37.7 Å². The molecule has 0 saturated carbocycles. The SMILES string of the molecule is CCNCCC(=O)NC1(C)CCOC1. The highest BCUT2D eigenvalue weighted by atomic mass is 16.5. The molecule has 0 aromatic heterocycles. The van der Waals surface area contributed by atoms with Crippen LogP contribution in [0.2, 0.25) is 0 Å². The number of carbonyl (C=O) groups is 1. The van der Waals surface area contributed by atoms with Crippen LogP contribution in [0.5, 0.6) is 0 Å². The standard InChI is InChI=1S/C10H20N2O2/c1-3-11-6-4-9(13)12-10(2)5-7-14-8-10/h11H,3-8H2,1-2H3,(H,12,13). The summed E-state index contributed by atoms with van der Waals surface area (Å²) in [5.74, 6) is 0.110. The van der Waals surface area contributed by atoms with Crippen LogP contribution in [0.25, 0.3) is 0 Å². The molecule has 0 aromatic carbocycles. The second kappa shape index (κ2) is 5.32. The summed E-state index contributed by atoms with van der Waals surface area (Å²) in [6, 6.07) is 0. The van der Waals surface area contributed by atoms with Gasteiger partial charge in [0.25, 0.3) is 0 Å². The first-order valence-corrected chi connectivity index (χ1v) is 5.26. The maximum atomic E-state index is 11.5. The van der Waals surface area contributed by atoms with Gasteiger partial charge in [-0.2, -0.15) is 0 Å². The fraction of sp³-hybridized carbons (Fsp3) is 0.900. The molecule has 1 rings (SSSR count). The highest BCUT2D eigenvalue weighted by Crippen LogP contribution is 2.17. The van der Waals surface area contributed by atoms with Gasteiger partial charge in [-0.05, 0) is 19.9 Å². The Labute approximate surface area is 85.4 Å². The molecule has 0 spiro atoms. The Morgan fingerprint density at radius 2 is 2.36 bits per heavy atom. The molecule has 1 aliphatic rings. The number of nitrogens with one attached hydrogen (secondary N) is 2. The van der Waals surface area contributed by atoms with Gasteiger partial charge < -0.3 is 15.4 Å². The predicted octanol–water partition coefficient (Wildman–Crippen LogP) is 0.281. The summed E-state index contributed by atoms with van der Waals surface area (Å²) in [4.78, 5) is 11.5. The van der Waals surface area contributed by atoms with Crippen molar-refractivity contribution in [2.24, 2.45) is 0 Å². The van der Waals surface area contributed by atoms with Crippen molar-refractivity contribution in [3.8, 4) is 0 Å². The molecule has 1 fully saturated rings. The molecule has 1 aliphatic heterocycles. The quantitative estimate of drug-likeness (QED) is 0.627. The molecule has 82 valence electrons. The van der Waals surface area contributed by atoms with Crippen LogP contribution in [0.3, 0.4) is 0 Å². The summed E-state index contributed by atoms with van der Waals surface area (Å²) < 4.78 is 5.26. The topological polar surface area (TPSA) is 50.4 Å². The average molecular weight is 200 g/mol. The van der Waals surface area contributed by atoms with Crippen molar-refractivity contribution in [1.29, 1.82) is 0 Å². The first kappa shape index (κ1) is 11.5. The lowest BCUT2D eigenvalue weighted by Gasteiger charge is -2.23. The summed E-state index contributed by atoms with van der Waals surface area (Å²) in [6.07, 6.45) is 1.46. The molecular formula is C10H20N2O2. The van der Waals surface area contributed by atoms with Gasteiger partial charge in [0.1, 0.15) is 0 Å². The van der Waals surface area contributed by atoms with Gasteiger partial charge in [-0.3, -0.25) is 4.79 Å². The Morgan fingerprint density at radius 3 is 2.93 bits per heavy atom. The van der Waals surface area contributed by atoms with Crippen molar-refractivity contribution in [3.05, 3.63) is 0 Å². The van der Waals surface area contributed by atoms with Crippen molar-refractivity contribution in [1.82, 2.24) is 10.6 Å². The highest BCUT2D eigenvalue weighted by molar-refractivity contribution is 5.77. The Kier molecular flexibility index (Phi) is 4.35. The van der Waals surface area contributed by atoms with Crippen molar-refractivity contribution >= 4 is 5.91 Å². The van der Waals surface area contributed by atoms with Crippen LogP contribution in [0, 0.1) is 0 Å². The number of carbonyl (C=O) groups excluding carboxylic acids is 1. The second-order valence-electron chi connectivity index (χ2n) is 4.01. The summed E-state index contributed by atoms with van der Waals surface area (Å²) >= 11 is 0. The molecule has 1 atom stereocenters. The van der Waals surface area contributed by atoms with E-state index >= 15 is 0 Å². The van der Waals surface area contributed by atoms with Crippen molar-refractivity contribution in [2.75, 3.05) is 26.3 Å². The van der Waals surface area contributed by atoms with Crippen molar-refractivity contribution in [2.45, 2.75) is 32.2 Å². The molecule has 1 heterocycles. The zero-order valence-electron chi connectivity index (χ0n) is 9.06. The van der Waals surface area contributed by atoms with Gasteiger partial charge in [0, 0.05) is 19.6 Å². The fourth-order valence-corrected chi connectivity index (χ4v) is 1.54. The number of hydrogen-bond acceptors (Lipinski definition) is 3. The molecule has 4 heteroatoms. The zero-order valence-corrected chi connectivity index (χ0v) is 9.06. The van der Waals surface area contributed by atoms with E-state index in [1.807, 2.05) is 13.8 Å². The normalized spacial score (nSPS) is 26.4. The monoisotopic (exact) mass is 200 g/mol. The van der Waals surface area contributed by atoms with Crippen LogP contribution >= 0.6 is 0 Å². The minimum atomic E-state index is -0.136. The van der Waals surface area contributed by atoms with E-state index < -0.39 is 0 Å². The average Bonchev–Trinajstić information content (AvgIpc) is 2.52. The van der Waals surface area contributed by atoms with Gasteiger partial charge in [0.2, 0.25) is 5.91 Å². The van der Waals surface area contributed by atoms with Crippen molar-refractivity contribution < 1.29 is 9.53 Å². The van der Waals surface area contributed by atoms with E-state index in [4.69, 9.17) is 4.74 Å². The molecule has 0 bridgehead atoms. The number of ether oxygens (including phenoxy) is 1. The van der Waals surface area contributed by atoms with Crippen LogP contribution in [0.15, 0.2) is 0 Å². The minimum absolute atomic E-state index is 0.110. The first-order valence-electron chi connectivity index (χ1n) is 5.26. The lowest BCUT2D eigenvalue weighted by molar-refractivity contribution is -0.122. The molecule has 1 saturated heterocycles. The second-order valence-corrected chi connectivity index (χ2v) is 4.01. The van der Waals surface area contributed by atoms with Gasteiger partial charge in [0.05, 0.1) is 12.1 Å². The molecule has 0 aromatic rings. The third-order valence-electron chi connectivity index (χ3n) is 2.44. The van der Waals surface area contributed by atoms with E-state index in [0.29, 0.717) is 13.0 Å². The first-order chi connectivity index (χ1) is 6.66. The lowest BCUT2D eigenvalue weighted by Crippen LogP contribution is -2.47. The smallest absolute Gasteiger partial charge is 0.221 e. The molecule has 4 nitrogen and oxygen atoms in total. The minimum Gasteiger partial charge on any atom is -0.379 e. The lowest BCUT2D eigenvalue weighted by atomic mass is 10.0. The maximum Gasteiger partial charge on any atom is 0.221 e. The Hall–Kier alpha value is -0.610. The van der Waals surface area contributed by atoms with Crippen LogP contribution in [0.4, 0.5) is 0 Å². The van der Waals surface area contributed by atoms with Crippen LogP contribution in [0.1, 0.15) is 26.7 Å². The largest absolute Gasteiger partial charge is 0.379 e. The summed E-state index contributed by atoms with van der Waals surface area (Å²) in [7, 11) is 0. The molecule has 2 N–H and O–H groups in total. The number of rotatable bonds is 5. The van der Waals surface area contributed by atoms with E-state index in [1.54, 1.807) is 0 Å². The summed E-state index contributed by atoms with van der Waals surface area (Å²) in [6.45, 7) is 7.12. The van der Waals surface area contributed by atoms with Gasteiger partial charge >= 0.3 is 0 Å². The third-order valence-corrected chi connectivity index (χ3v) is 2.44. The third kappa shape index (κ3) is 3.64. The van der Waals surface area contributed by atoms with Gasteiger partial charge in [-0.25, -0.2) is 0 Å². The predicted molar refractivity (Wildman–Crippen MR) is 55.1 cm³/mol.